The summed E-state index contributed by atoms with van der Waals surface area (Å²) in [5, 5.41) is -0.395. The van der Waals surface area contributed by atoms with E-state index in [2.05, 4.69) is 0 Å². The van der Waals surface area contributed by atoms with Crippen molar-refractivity contribution in [1.82, 2.24) is 0 Å². The number of thioether (sulfide) groups is 1. The van der Waals surface area contributed by atoms with Gasteiger partial charge in [-0.05, 0) is 42.4 Å². The van der Waals surface area contributed by atoms with Crippen LogP contribution in [0.2, 0.25) is 0 Å². The van der Waals surface area contributed by atoms with E-state index < -0.39 is 5.24 Å². The summed E-state index contributed by atoms with van der Waals surface area (Å²) in [4.78, 5) is 11.5. The van der Waals surface area contributed by atoms with Crippen molar-refractivity contribution in [2.24, 2.45) is 5.73 Å². The number of carbonyl (C=O) groups excluding carboxylic acids is 1. The molecule has 0 aliphatic rings. The molecule has 0 aliphatic heterocycles. The summed E-state index contributed by atoms with van der Waals surface area (Å²) >= 11 is 1.03. The molecule has 0 fully saturated rings. The molecule has 1 aromatic rings. The monoisotopic (exact) mass is 197 g/mol. The Kier molecular flexibility index (Phi) is 3.19. The number of benzene rings is 1. The second-order valence-corrected chi connectivity index (χ2v) is 3.60. The Morgan fingerprint density at radius 3 is 2.69 bits per heavy atom. The van der Waals surface area contributed by atoms with Crippen LogP contribution < -0.4 is 10.5 Å². The first-order valence-corrected chi connectivity index (χ1v) is 4.57. The SMILES string of the molecule is COc1ccc(SC(N)=O)c(C)c1. The molecule has 0 unspecified atom stereocenters. The van der Waals surface area contributed by atoms with Crippen LogP contribution in [0, 0.1) is 6.92 Å². The van der Waals surface area contributed by atoms with Gasteiger partial charge in [-0.1, -0.05) is 0 Å². The molecule has 0 aromatic heterocycles. The summed E-state index contributed by atoms with van der Waals surface area (Å²) in [6, 6.07) is 5.49. The molecule has 1 rings (SSSR count). The quantitative estimate of drug-likeness (QED) is 0.739. The maximum absolute atomic E-state index is 10.6. The van der Waals surface area contributed by atoms with E-state index >= 15 is 0 Å². The Labute approximate surface area is 81.3 Å². The fraction of sp³-hybridized carbons (Fsp3) is 0.222. The van der Waals surface area contributed by atoms with E-state index in [4.69, 9.17) is 10.5 Å². The van der Waals surface area contributed by atoms with Crippen LogP contribution in [0.5, 0.6) is 5.75 Å². The number of primary amides is 1. The van der Waals surface area contributed by atoms with Crippen LogP contribution >= 0.6 is 11.8 Å². The molecule has 3 nitrogen and oxygen atoms in total. The predicted octanol–water partition coefficient (Wildman–Crippen LogP) is 2.17. The molecule has 0 saturated carbocycles. The zero-order valence-electron chi connectivity index (χ0n) is 7.53. The maximum Gasteiger partial charge on any atom is 0.281 e. The van der Waals surface area contributed by atoms with Crippen molar-refractivity contribution in [3.05, 3.63) is 23.8 Å². The Morgan fingerprint density at radius 2 is 2.23 bits per heavy atom. The van der Waals surface area contributed by atoms with Gasteiger partial charge in [0.2, 0.25) is 0 Å². The third kappa shape index (κ3) is 2.66. The Hall–Kier alpha value is -1.16. The van der Waals surface area contributed by atoms with Crippen LogP contribution in [-0.2, 0) is 0 Å². The number of methoxy groups -OCH3 is 1. The zero-order valence-corrected chi connectivity index (χ0v) is 8.35. The number of nitrogens with two attached hydrogens (primary N) is 1. The molecule has 70 valence electrons. The van der Waals surface area contributed by atoms with Crippen molar-refractivity contribution in [2.75, 3.05) is 7.11 Å². The molecule has 0 aliphatic carbocycles. The highest BCUT2D eigenvalue weighted by Gasteiger charge is 2.03. The number of rotatable bonds is 2. The Morgan fingerprint density at radius 1 is 1.54 bits per heavy atom. The smallest absolute Gasteiger partial charge is 0.281 e. The van der Waals surface area contributed by atoms with E-state index in [9.17, 15) is 4.79 Å². The number of carbonyl (C=O) groups is 1. The van der Waals surface area contributed by atoms with Crippen molar-refractivity contribution in [3.8, 4) is 5.75 Å². The molecule has 0 heterocycles. The van der Waals surface area contributed by atoms with Gasteiger partial charge >= 0.3 is 0 Å². The lowest BCUT2D eigenvalue weighted by molar-refractivity contribution is 0.267. The summed E-state index contributed by atoms with van der Waals surface area (Å²) in [5.74, 6) is 0.784. The summed E-state index contributed by atoms with van der Waals surface area (Å²) in [6.07, 6.45) is 0. The highest BCUT2D eigenvalue weighted by molar-refractivity contribution is 8.13. The number of amides is 1. The van der Waals surface area contributed by atoms with E-state index in [1.165, 1.54) is 0 Å². The van der Waals surface area contributed by atoms with Gasteiger partial charge in [0.1, 0.15) is 5.75 Å². The van der Waals surface area contributed by atoms with Gasteiger partial charge in [-0.15, -0.1) is 0 Å². The standard InChI is InChI=1S/C9H11NO2S/c1-6-5-7(12-2)3-4-8(6)13-9(10)11/h3-5H,1-2H3,(H2,10,11). The van der Waals surface area contributed by atoms with E-state index in [1.807, 2.05) is 19.1 Å². The van der Waals surface area contributed by atoms with Crippen LogP contribution in [0.25, 0.3) is 0 Å². The summed E-state index contributed by atoms with van der Waals surface area (Å²) in [7, 11) is 1.61. The van der Waals surface area contributed by atoms with Gasteiger partial charge in [-0.2, -0.15) is 0 Å². The van der Waals surface area contributed by atoms with E-state index in [0.29, 0.717) is 0 Å². The fourth-order valence-electron chi connectivity index (χ4n) is 0.972. The third-order valence-corrected chi connectivity index (χ3v) is 2.47. The molecule has 0 bridgehead atoms. The molecule has 2 N–H and O–H groups in total. The maximum atomic E-state index is 10.6. The average molecular weight is 197 g/mol. The predicted molar refractivity (Wildman–Crippen MR) is 53.2 cm³/mol. The second kappa shape index (κ2) is 4.18. The summed E-state index contributed by atoms with van der Waals surface area (Å²) < 4.78 is 5.03. The Balaban J connectivity index is 2.91. The van der Waals surface area contributed by atoms with Gasteiger partial charge in [0.25, 0.3) is 5.24 Å². The van der Waals surface area contributed by atoms with Crippen LogP contribution in [0.1, 0.15) is 5.56 Å². The molecule has 0 radical (unpaired) electrons. The van der Waals surface area contributed by atoms with E-state index in [-0.39, 0.29) is 0 Å². The largest absolute Gasteiger partial charge is 0.497 e. The number of hydrogen-bond donors (Lipinski definition) is 1. The van der Waals surface area contributed by atoms with Crippen LogP contribution in [0.15, 0.2) is 23.1 Å². The number of aryl methyl sites for hydroxylation is 1. The minimum absolute atomic E-state index is 0.395. The highest BCUT2D eigenvalue weighted by Crippen LogP contribution is 2.25. The first-order chi connectivity index (χ1) is 6.13. The number of hydrogen-bond acceptors (Lipinski definition) is 3. The van der Waals surface area contributed by atoms with E-state index in [0.717, 1.165) is 28.0 Å². The molecule has 13 heavy (non-hydrogen) atoms. The van der Waals surface area contributed by atoms with Gasteiger partial charge in [-0.25, -0.2) is 0 Å². The fourth-order valence-corrected chi connectivity index (χ4v) is 1.54. The van der Waals surface area contributed by atoms with Gasteiger partial charge in [0, 0.05) is 4.90 Å². The lowest BCUT2D eigenvalue weighted by Gasteiger charge is -2.04. The molecule has 0 spiro atoms. The van der Waals surface area contributed by atoms with Crippen molar-refractivity contribution in [3.63, 3.8) is 0 Å². The lowest BCUT2D eigenvalue weighted by atomic mass is 10.2. The average Bonchev–Trinajstić information content (AvgIpc) is 2.08. The highest BCUT2D eigenvalue weighted by atomic mass is 32.2. The summed E-state index contributed by atoms with van der Waals surface area (Å²) in [6.45, 7) is 1.91. The topological polar surface area (TPSA) is 52.3 Å². The first-order valence-electron chi connectivity index (χ1n) is 3.75. The lowest BCUT2D eigenvalue weighted by Crippen LogP contribution is -2.02. The van der Waals surface area contributed by atoms with Crippen molar-refractivity contribution in [1.29, 1.82) is 0 Å². The molecule has 4 heteroatoms. The molecule has 1 aromatic carbocycles. The molecule has 1 amide bonds. The normalized spacial score (nSPS) is 9.69. The van der Waals surface area contributed by atoms with Gasteiger partial charge in [-0.3, -0.25) is 4.79 Å². The van der Waals surface area contributed by atoms with Gasteiger partial charge in [0.15, 0.2) is 0 Å². The minimum atomic E-state index is -0.395. The van der Waals surface area contributed by atoms with Crippen molar-refractivity contribution < 1.29 is 9.53 Å². The van der Waals surface area contributed by atoms with Crippen LogP contribution in [0.4, 0.5) is 4.79 Å². The van der Waals surface area contributed by atoms with Gasteiger partial charge in [0.05, 0.1) is 7.11 Å². The van der Waals surface area contributed by atoms with Crippen LogP contribution in [0.3, 0.4) is 0 Å². The van der Waals surface area contributed by atoms with Crippen molar-refractivity contribution in [2.45, 2.75) is 11.8 Å². The van der Waals surface area contributed by atoms with Crippen molar-refractivity contribution >= 4 is 17.0 Å². The zero-order chi connectivity index (χ0) is 9.84. The van der Waals surface area contributed by atoms with E-state index in [1.54, 1.807) is 13.2 Å². The Bertz CT molecular complexity index is 325. The molecular weight excluding hydrogens is 186 g/mol. The van der Waals surface area contributed by atoms with Gasteiger partial charge < -0.3 is 10.5 Å². The second-order valence-electron chi connectivity index (χ2n) is 2.55. The number of ether oxygens (including phenoxy) is 1. The molecule has 0 saturated heterocycles. The molecular formula is C9H11NO2S. The van der Waals surface area contributed by atoms with Crippen LogP contribution in [-0.4, -0.2) is 12.3 Å². The third-order valence-electron chi connectivity index (χ3n) is 1.59. The summed E-state index contributed by atoms with van der Waals surface area (Å²) in [5.41, 5.74) is 6.05. The molecule has 0 atom stereocenters. The minimum Gasteiger partial charge on any atom is -0.497 e. The first kappa shape index (κ1) is 9.92.